The van der Waals surface area contributed by atoms with Crippen LogP contribution in [0.2, 0.25) is 0 Å². The second kappa shape index (κ2) is 10.5. The number of amides is 1. The average Bonchev–Trinajstić information content (AvgIpc) is 3.33. The van der Waals surface area contributed by atoms with E-state index in [4.69, 9.17) is 9.47 Å². The van der Waals surface area contributed by atoms with Crippen molar-refractivity contribution in [2.45, 2.75) is 22.2 Å². The molecule has 1 aliphatic rings. The molecule has 1 N–H and O–H groups in total. The molecule has 0 spiro atoms. The van der Waals surface area contributed by atoms with Crippen LogP contribution in [0.3, 0.4) is 0 Å². The van der Waals surface area contributed by atoms with Crippen LogP contribution in [-0.2, 0) is 19.6 Å². The largest absolute Gasteiger partial charge is 0.497 e. The van der Waals surface area contributed by atoms with Gasteiger partial charge in [0.25, 0.3) is 0 Å². The van der Waals surface area contributed by atoms with E-state index in [9.17, 15) is 13.2 Å². The molecular weight excluding hydrogens is 480 g/mol. The van der Waals surface area contributed by atoms with Gasteiger partial charge < -0.3 is 14.8 Å². The van der Waals surface area contributed by atoms with Gasteiger partial charge in [-0.2, -0.15) is 8.99 Å². The molecule has 1 atom stereocenters. The number of tetrazole rings is 1. The molecule has 180 valence electrons. The van der Waals surface area contributed by atoms with E-state index in [0.29, 0.717) is 42.9 Å². The minimum absolute atomic E-state index is 0.175. The Balaban J connectivity index is 1.39. The number of benzene rings is 2. The SMILES string of the molecule is COc1ccc(-n2nnnc2SC(C)C(=O)Nc2ccc(S(=O)(=O)N3CCOCC3)cc2)cc1. The van der Waals surface area contributed by atoms with Crippen LogP contribution in [0.1, 0.15) is 6.92 Å². The van der Waals surface area contributed by atoms with E-state index in [1.807, 2.05) is 12.1 Å². The van der Waals surface area contributed by atoms with E-state index in [1.54, 1.807) is 43.0 Å². The second-order valence-electron chi connectivity index (χ2n) is 7.36. The summed E-state index contributed by atoms with van der Waals surface area (Å²) in [6.45, 7) is 3.15. The molecule has 0 saturated carbocycles. The van der Waals surface area contributed by atoms with E-state index >= 15 is 0 Å². The zero-order valence-electron chi connectivity index (χ0n) is 18.6. The van der Waals surface area contributed by atoms with E-state index in [0.717, 1.165) is 5.69 Å². The maximum atomic E-state index is 12.7. The van der Waals surface area contributed by atoms with Crippen molar-refractivity contribution in [3.8, 4) is 11.4 Å². The molecule has 0 bridgehead atoms. The number of carbonyl (C=O) groups is 1. The minimum Gasteiger partial charge on any atom is -0.497 e. The first-order valence-corrected chi connectivity index (χ1v) is 12.8. The Morgan fingerprint density at radius 1 is 1.12 bits per heavy atom. The van der Waals surface area contributed by atoms with Crippen LogP contribution in [0.5, 0.6) is 5.75 Å². The monoisotopic (exact) mass is 504 g/mol. The Bertz CT molecular complexity index is 1230. The summed E-state index contributed by atoms with van der Waals surface area (Å²) in [5, 5.41) is 14.5. The highest BCUT2D eigenvalue weighted by atomic mass is 32.2. The molecule has 1 fully saturated rings. The van der Waals surface area contributed by atoms with Gasteiger partial charge in [0.1, 0.15) is 5.75 Å². The fourth-order valence-corrected chi connectivity index (χ4v) is 5.46. The highest BCUT2D eigenvalue weighted by Gasteiger charge is 2.26. The van der Waals surface area contributed by atoms with Gasteiger partial charge in [0.05, 0.1) is 36.2 Å². The Morgan fingerprint density at radius 2 is 1.79 bits per heavy atom. The Morgan fingerprint density at radius 3 is 2.44 bits per heavy atom. The number of nitrogens with zero attached hydrogens (tertiary/aromatic N) is 5. The van der Waals surface area contributed by atoms with Crippen molar-refractivity contribution in [2.75, 3.05) is 38.7 Å². The number of morpholine rings is 1. The van der Waals surface area contributed by atoms with Gasteiger partial charge in [0.2, 0.25) is 21.1 Å². The van der Waals surface area contributed by atoms with Crippen LogP contribution >= 0.6 is 11.8 Å². The van der Waals surface area contributed by atoms with Crippen LogP contribution < -0.4 is 10.1 Å². The molecular formula is C21H24N6O5S2. The summed E-state index contributed by atoms with van der Waals surface area (Å²) >= 11 is 1.20. The molecule has 0 aliphatic carbocycles. The highest BCUT2D eigenvalue weighted by Crippen LogP contribution is 2.25. The van der Waals surface area contributed by atoms with E-state index < -0.39 is 15.3 Å². The van der Waals surface area contributed by atoms with Crippen LogP contribution in [0.4, 0.5) is 5.69 Å². The predicted molar refractivity (Wildman–Crippen MR) is 126 cm³/mol. The molecule has 1 unspecified atom stereocenters. The fraction of sp³-hybridized carbons (Fsp3) is 0.333. The average molecular weight is 505 g/mol. The standard InChI is InChI=1S/C21H24N6O5S2/c1-15(33-21-23-24-25-27(21)17-5-7-18(31-2)8-6-17)20(28)22-16-3-9-19(10-4-16)34(29,30)26-11-13-32-14-12-26/h3-10,15H,11-14H2,1-2H3,(H,22,28). The molecule has 0 radical (unpaired) electrons. The van der Waals surface area contributed by atoms with Crippen LogP contribution in [0.15, 0.2) is 58.6 Å². The Hall–Kier alpha value is -3.00. The minimum atomic E-state index is -3.59. The highest BCUT2D eigenvalue weighted by molar-refractivity contribution is 8.00. The summed E-state index contributed by atoms with van der Waals surface area (Å²) in [5.41, 5.74) is 1.23. The third-order valence-electron chi connectivity index (χ3n) is 5.14. The van der Waals surface area contributed by atoms with Crippen molar-refractivity contribution in [1.82, 2.24) is 24.5 Å². The lowest BCUT2D eigenvalue weighted by molar-refractivity contribution is -0.115. The van der Waals surface area contributed by atoms with Crippen molar-refractivity contribution in [3.05, 3.63) is 48.5 Å². The summed E-state index contributed by atoms with van der Waals surface area (Å²) in [7, 11) is -2.00. The van der Waals surface area contributed by atoms with E-state index in [2.05, 4.69) is 20.8 Å². The van der Waals surface area contributed by atoms with Gasteiger partial charge in [-0.15, -0.1) is 5.10 Å². The summed E-state index contributed by atoms with van der Waals surface area (Å²) in [6.07, 6.45) is 0. The topological polar surface area (TPSA) is 129 Å². The third-order valence-corrected chi connectivity index (χ3v) is 8.08. The molecule has 34 heavy (non-hydrogen) atoms. The molecule has 3 aromatic rings. The number of ether oxygens (including phenoxy) is 2. The second-order valence-corrected chi connectivity index (χ2v) is 10.6. The molecule has 2 aromatic carbocycles. The maximum absolute atomic E-state index is 12.7. The van der Waals surface area contributed by atoms with Gasteiger partial charge in [-0.25, -0.2) is 8.42 Å². The first-order chi connectivity index (χ1) is 16.4. The fourth-order valence-electron chi connectivity index (χ4n) is 3.24. The number of carbonyl (C=O) groups excluding carboxylic acids is 1. The van der Waals surface area contributed by atoms with E-state index in [-0.39, 0.29) is 10.8 Å². The first kappa shape index (κ1) is 24.1. The predicted octanol–water partition coefficient (Wildman–Crippen LogP) is 1.81. The van der Waals surface area contributed by atoms with Crippen molar-refractivity contribution < 1.29 is 22.7 Å². The van der Waals surface area contributed by atoms with Gasteiger partial charge in [-0.05, 0) is 65.9 Å². The Labute approximate surface area is 201 Å². The number of aromatic nitrogens is 4. The molecule has 1 amide bonds. The van der Waals surface area contributed by atoms with Gasteiger partial charge >= 0.3 is 0 Å². The number of hydrogen-bond donors (Lipinski definition) is 1. The third kappa shape index (κ3) is 5.38. The maximum Gasteiger partial charge on any atom is 0.243 e. The van der Waals surface area contributed by atoms with Gasteiger partial charge in [0, 0.05) is 18.8 Å². The van der Waals surface area contributed by atoms with Crippen molar-refractivity contribution in [3.63, 3.8) is 0 Å². The van der Waals surface area contributed by atoms with Crippen LogP contribution in [-0.4, -0.2) is 77.5 Å². The zero-order chi connectivity index (χ0) is 24.1. The van der Waals surface area contributed by atoms with Crippen molar-refractivity contribution >= 4 is 33.4 Å². The van der Waals surface area contributed by atoms with Gasteiger partial charge in [-0.3, -0.25) is 4.79 Å². The zero-order valence-corrected chi connectivity index (χ0v) is 20.3. The summed E-state index contributed by atoms with van der Waals surface area (Å²) in [4.78, 5) is 12.9. The van der Waals surface area contributed by atoms with Gasteiger partial charge in [-0.1, -0.05) is 11.8 Å². The lowest BCUT2D eigenvalue weighted by Crippen LogP contribution is -2.40. The normalized spacial score (nSPS) is 15.6. The first-order valence-electron chi connectivity index (χ1n) is 10.5. The summed E-state index contributed by atoms with van der Waals surface area (Å²) in [6, 6.07) is 13.3. The number of sulfonamides is 1. The Kier molecular flexibility index (Phi) is 7.46. The van der Waals surface area contributed by atoms with E-state index in [1.165, 1.54) is 28.2 Å². The van der Waals surface area contributed by atoms with Crippen LogP contribution in [0.25, 0.3) is 5.69 Å². The lowest BCUT2D eigenvalue weighted by Gasteiger charge is -2.26. The lowest BCUT2D eigenvalue weighted by atomic mass is 10.3. The number of anilines is 1. The summed E-state index contributed by atoms with van der Waals surface area (Å²) in [5.74, 6) is 0.445. The molecule has 2 heterocycles. The molecule has 4 rings (SSSR count). The molecule has 1 saturated heterocycles. The molecule has 1 aromatic heterocycles. The molecule has 11 nitrogen and oxygen atoms in total. The molecule has 13 heteroatoms. The quantitative estimate of drug-likeness (QED) is 0.457. The number of nitrogens with one attached hydrogen (secondary N) is 1. The molecule has 1 aliphatic heterocycles. The smallest absolute Gasteiger partial charge is 0.243 e. The van der Waals surface area contributed by atoms with Gasteiger partial charge in [0.15, 0.2) is 0 Å². The number of methoxy groups -OCH3 is 1. The van der Waals surface area contributed by atoms with Crippen molar-refractivity contribution in [2.24, 2.45) is 0 Å². The van der Waals surface area contributed by atoms with Crippen LogP contribution in [0, 0.1) is 0 Å². The summed E-state index contributed by atoms with van der Waals surface area (Å²) < 4.78 is 38.8. The number of hydrogen-bond acceptors (Lipinski definition) is 9. The number of thioether (sulfide) groups is 1. The number of rotatable bonds is 8. The van der Waals surface area contributed by atoms with Crippen molar-refractivity contribution in [1.29, 1.82) is 0 Å².